The summed E-state index contributed by atoms with van der Waals surface area (Å²) in [7, 11) is 0. The summed E-state index contributed by atoms with van der Waals surface area (Å²) < 4.78 is 17.0. The lowest BCUT2D eigenvalue weighted by molar-refractivity contribution is -0.167. The summed E-state index contributed by atoms with van der Waals surface area (Å²) in [5, 5.41) is 0. The van der Waals surface area contributed by atoms with E-state index in [0.29, 0.717) is 19.3 Å². The molecule has 0 spiro atoms. The Bertz CT molecular complexity index is 1280. The molecule has 82 heavy (non-hydrogen) atoms. The minimum Gasteiger partial charge on any atom is -0.462 e. The van der Waals surface area contributed by atoms with E-state index in [4.69, 9.17) is 14.2 Å². The Morgan fingerprint density at radius 3 is 0.610 bits per heavy atom. The van der Waals surface area contributed by atoms with E-state index in [1.807, 2.05) is 0 Å². The Balaban J connectivity index is 4.09. The largest absolute Gasteiger partial charge is 0.462 e. The summed E-state index contributed by atoms with van der Waals surface area (Å²) in [5.41, 5.74) is 0. The van der Waals surface area contributed by atoms with Gasteiger partial charge in [-0.25, -0.2) is 0 Å². The van der Waals surface area contributed by atoms with Crippen LogP contribution in [0.25, 0.3) is 0 Å². The Morgan fingerprint density at radius 2 is 0.402 bits per heavy atom. The van der Waals surface area contributed by atoms with E-state index < -0.39 is 6.10 Å². The second-order valence-electron chi connectivity index (χ2n) is 25.9. The van der Waals surface area contributed by atoms with Gasteiger partial charge in [0.25, 0.3) is 0 Å². The number of esters is 3. The van der Waals surface area contributed by atoms with Crippen LogP contribution in [-0.2, 0) is 28.6 Å². The summed E-state index contributed by atoms with van der Waals surface area (Å²) in [6, 6.07) is 0. The lowest BCUT2D eigenvalue weighted by Gasteiger charge is -2.18. The second kappa shape index (κ2) is 71.6. The van der Waals surface area contributed by atoms with Gasteiger partial charge < -0.3 is 14.2 Å². The van der Waals surface area contributed by atoms with Crippen molar-refractivity contribution < 1.29 is 28.6 Å². The molecule has 0 aromatic rings. The summed E-state index contributed by atoms with van der Waals surface area (Å²) in [5.74, 6) is -0.822. The molecule has 0 bridgehead atoms. The van der Waals surface area contributed by atoms with E-state index in [0.717, 1.165) is 57.8 Å². The molecule has 0 fully saturated rings. The molecule has 0 saturated carbocycles. The van der Waals surface area contributed by atoms with Crippen molar-refractivity contribution >= 4 is 17.9 Å². The van der Waals surface area contributed by atoms with E-state index in [-0.39, 0.29) is 31.1 Å². The zero-order chi connectivity index (χ0) is 59.2. The van der Waals surface area contributed by atoms with E-state index in [1.165, 1.54) is 340 Å². The fourth-order valence-electron chi connectivity index (χ4n) is 11.9. The minimum atomic E-state index is -0.765. The third kappa shape index (κ3) is 68.9. The first-order valence-electron chi connectivity index (χ1n) is 37.7. The van der Waals surface area contributed by atoms with Gasteiger partial charge in [0, 0.05) is 19.3 Å². The highest BCUT2D eigenvalue weighted by Crippen LogP contribution is 2.20. The Hall–Kier alpha value is -1.85. The van der Waals surface area contributed by atoms with Gasteiger partial charge in [-0.15, -0.1) is 0 Å². The van der Waals surface area contributed by atoms with Crippen LogP contribution < -0.4 is 0 Å². The zero-order valence-corrected chi connectivity index (χ0v) is 56.1. The Kier molecular flexibility index (Phi) is 70.0. The quantitative estimate of drug-likeness (QED) is 0.0261. The summed E-state index contributed by atoms with van der Waals surface area (Å²) in [6.45, 7) is 6.74. The monoisotopic (exact) mass is 1160 g/mol. The molecule has 0 aromatic carbocycles. The molecule has 0 aliphatic rings. The van der Waals surface area contributed by atoms with Gasteiger partial charge in [-0.05, 0) is 44.9 Å². The molecule has 1 atom stereocenters. The molecule has 0 rings (SSSR count). The van der Waals surface area contributed by atoms with Gasteiger partial charge in [0.15, 0.2) is 6.10 Å². The number of hydrogen-bond donors (Lipinski definition) is 0. The van der Waals surface area contributed by atoms with Crippen LogP contribution in [-0.4, -0.2) is 37.2 Å². The minimum absolute atomic E-state index is 0.0614. The van der Waals surface area contributed by atoms with Crippen molar-refractivity contribution in [2.75, 3.05) is 13.2 Å². The molecule has 486 valence electrons. The van der Waals surface area contributed by atoms with Crippen molar-refractivity contribution in [2.45, 2.75) is 444 Å². The van der Waals surface area contributed by atoms with Crippen molar-refractivity contribution in [1.29, 1.82) is 0 Å². The van der Waals surface area contributed by atoms with Gasteiger partial charge in [0.05, 0.1) is 0 Å². The van der Waals surface area contributed by atoms with Crippen LogP contribution >= 0.6 is 0 Å². The van der Waals surface area contributed by atoms with E-state index in [1.54, 1.807) is 0 Å². The van der Waals surface area contributed by atoms with Crippen LogP contribution in [0.1, 0.15) is 438 Å². The number of unbranched alkanes of at least 4 members (excludes halogenated alkanes) is 58. The van der Waals surface area contributed by atoms with Crippen LogP contribution in [0.3, 0.4) is 0 Å². The van der Waals surface area contributed by atoms with E-state index >= 15 is 0 Å². The molecule has 6 heteroatoms. The predicted molar refractivity (Wildman–Crippen MR) is 358 cm³/mol. The number of carbonyl (C=O) groups excluding carboxylic acids is 3. The maximum absolute atomic E-state index is 12.9. The van der Waals surface area contributed by atoms with Gasteiger partial charge in [-0.2, -0.15) is 0 Å². The first-order chi connectivity index (χ1) is 40.5. The molecule has 1 unspecified atom stereocenters. The second-order valence-corrected chi connectivity index (χ2v) is 25.9. The third-order valence-corrected chi connectivity index (χ3v) is 17.5. The molecule has 0 aromatic heterocycles. The highest BCUT2D eigenvalue weighted by Gasteiger charge is 2.20. The van der Waals surface area contributed by atoms with Crippen LogP contribution in [0.2, 0.25) is 0 Å². The van der Waals surface area contributed by atoms with Crippen molar-refractivity contribution in [2.24, 2.45) is 0 Å². The topological polar surface area (TPSA) is 78.9 Å². The molecule has 0 N–H and O–H groups in total. The summed E-state index contributed by atoms with van der Waals surface area (Å²) in [4.78, 5) is 38.4. The maximum Gasteiger partial charge on any atom is 0.306 e. The molecule has 0 amide bonds. The van der Waals surface area contributed by atoms with E-state index in [2.05, 4.69) is 32.9 Å². The first-order valence-corrected chi connectivity index (χ1v) is 37.7. The normalized spacial score (nSPS) is 12.0. The summed E-state index contributed by atoms with van der Waals surface area (Å²) in [6.07, 6.45) is 87.0. The average Bonchev–Trinajstić information content (AvgIpc) is 3.47. The zero-order valence-electron chi connectivity index (χ0n) is 56.1. The Labute approximate surface area is 513 Å². The fourth-order valence-corrected chi connectivity index (χ4v) is 11.9. The van der Waals surface area contributed by atoms with Gasteiger partial charge >= 0.3 is 17.9 Å². The van der Waals surface area contributed by atoms with Gasteiger partial charge in [-0.1, -0.05) is 386 Å². The molecule has 0 aliphatic heterocycles. The molecule has 6 nitrogen and oxygen atoms in total. The number of hydrogen-bond acceptors (Lipinski definition) is 6. The van der Waals surface area contributed by atoms with Crippen molar-refractivity contribution in [3.05, 3.63) is 12.2 Å². The maximum atomic E-state index is 12.9. The standard InChI is InChI=1S/C76H146O6/c1-4-7-10-13-16-19-22-25-28-30-31-32-33-34-35-36-37-38-39-40-41-42-43-44-45-47-48-51-54-57-60-63-66-69-75(78)81-72-73(71-80-74(77)68-65-62-59-56-53-50-27-24-21-18-15-12-9-6-3)82-76(79)70-67-64-61-58-55-52-49-46-29-26-23-20-17-14-11-8-5-2/h30-31,73H,4-29,32-72H2,1-3H3/b31-30-. The Morgan fingerprint density at radius 1 is 0.232 bits per heavy atom. The van der Waals surface area contributed by atoms with Gasteiger partial charge in [0.1, 0.15) is 13.2 Å². The SMILES string of the molecule is CCCCCCCCCC/C=C\CCCCCCCCCCCCCCCCCCCCCCCC(=O)OCC(COC(=O)CCCCCCCCCCCCCCCC)OC(=O)CCCCCCCCCCCCCCCCCCC. The van der Waals surface area contributed by atoms with Crippen molar-refractivity contribution in [1.82, 2.24) is 0 Å². The van der Waals surface area contributed by atoms with Crippen molar-refractivity contribution in [3.8, 4) is 0 Å². The van der Waals surface area contributed by atoms with Crippen LogP contribution in [0, 0.1) is 0 Å². The predicted octanol–water partition coefficient (Wildman–Crippen LogP) is 26.0. The van der Waals surface area contributed by atoms with Crippen molar-refractivity contribution in [3.63, 3.8) is 0 Å². The molecule has 0 heterocycles. The average molecular weight is 1160 g/mol. The third-order valence-electron chi connectivity index (χ3n) is 17.5. The summed E-state index contributed by atoms with van der Waals surface area (Å²) >= 11 is 0. The highest BCUT2D eigenvalue weighted by atomic mass is 16.6. The van der Waals surface area contributed by atoms with Gasteiger partial charge in [0.2, 0.25) is 0 Å². The van der Waals surface area contributed by atoms with Crippen LogP contribution in [0.15, 0.2) is 12.2 Å². The molecular weight excluding hydrogens is 1010 g/mol. The fraction of sp³-hybridized carbons (Fsp3) is 0.934. The lowest BCUT2D eigenvalue weighted by Crippen LogP contribution is -2.30. The number of allylic oxidation sites excluding steroid dienone is 2. The first kappa shape index (κ1) is 80.2. The molecule has 0 radical (unpaired) electrons. The van der Waals surface area contributed by atoms with Crippen LogP contribution in [0.4, 0.5) is 0 Å². The highest BCUT2D eigenvalue weighted by molar-refractivity contribution is 5.71. The molecular formula is C76H146O6. The number of ether oxygens (including phenoxy) is 3. The lowest BCUT2D eigenvalue weighted by atomic mass is 10.0. The number of carbonyl (C=O) groups is 3. The molecule has 0 aliphatic carbocycles. The number of rotatable bonds is 71. The smallest absolute Gasteiger partial charge is 0.306 e. The molecule has 0 saturated heterocycles. The van der Waals surface area contributed by atoms with Crippen LogP contribution in [0.5, 0.6) is 0 Å². The van der Waals surface area contributed by atoms with E-state index in [9.17, 15) is 14.4 Å². The van der Waals surface area contributed by atoms with Gasteiger partial charge in [-0.3, -0.25) is 14.4 Å².